The first kappa shape index (κ1) is 21.5. The van der Waals surface area contributed by atoms with E-state index in [-0.39, 0.29) is 5.88 Å². The van der Waals surface area contributed by atoms with Crippen molar-refractivity contribution in [3.05, 3.63) is 103 Å². The van der Waals surface area contributed by atoms with Gasteiger partial charge in [0.05, 0.1) is 11.1 Å². The first-order valence-corrected chi connectivity index (χ1v) is 10.2. The van der Waals surface area contributed by atoms with Gasteiger partial charge >= 0.3 is 6.18 Å². The molecule has 34 heavy (non-hydrogen) atoms. The number of benzene rings is 3. The summed E-state index contributed by atoms with van der Waals surface area (Å²) < 4.78 is 58.4. The third-order valence-corrected chi connectivity index (χ3v) is 5.21. The van der Waals surface area contributed by atoms with Crippen LogP contribution >= 0.6 is 0 Å². The van der Waals surface area contributed by atoms with Crippen LogP contribution in [0.5, 0.6) is 11.6 Å². The fraction of sp³-hybridized carbons (Fsp3) is 0.0385. The Bertz CT molecular complexity index is 1470. The zero-order valence-corrected chi connectivity index (χ0v) is 17.4. The van der Waals surface area contributed by atoms with Crippen LogP contribution in [0.3, 0.4) is 0 Å². The fourth-order valence-electron chi connectivity index (χ4n) is 3.53. The first-order valence-electron chi connectivity index (χ1n) is 10.2. The Morgan fingerprint density at radius 3 is 2.21 bits per heavy atom. The van der Waals surface area contributed by atoms with Crippen molar-refractivity contribution >= 4 is 10.9 Å². The second-order valence-electron chi connectivity index (χ2n) is 7.49. The van der Waals surface area contributed by atoms with Gasteiger partial charge in [0.25, 0.3) is 0 Å². The maximum absolute atomic E-state index is 13.4. The van der Waals surface area contributed by atoms with Gasteiger partial charge in [-0.25, -0.2) is 4.39 Å². The lowest BCUT2D eigenvalue weighted by Crippen LogP contribution is -2.04. The molecule has 0 amide bonds. The average molecular weight is 461 g/mol. The molecule has 0 unspecified atom stereocenters. The quantitative estimate of drug-likeness (QED) is 0.263. The number of rotatable bonds is 4. The van der Waals surface area contributed by atoms with Crippen LogP contribution in [0.2, 0.25) is 0 Å². The topological polar surface area (TPSA) is 47.9 Å². The van der Waals surface area contributed by atoms with E-state index in [4.69, 9.17) is 4.74 Å². The summed E-state index contributed by atoms with van der Waals surface area (Å²) in [6, 6.07) is 21.0. The minimum absolute atomic E-state index is 0.149. The molecule has 0 spiro atoms. The molecule has 2 heterocycles. The molecule has 2 aromatic heterocycles. The molecule has 0 fully saturated rings. The number of pyridine rings is 1. The third-order valence-electron chi connectivity index (χ3n) is 5.21. The number of alkyl halides is 3. The van der Waals surface area contributed by atoms with Gasteiger partial charge in [-0.1, -0.05) is 18.2 Å². The lowest BCUT2D eigenvalue weighted by molar-refractivity contribution is -0.137. The normalized spacial score (nSPS) is 11.5. The summed E-state index contributed by atoms with van der Waals surface area (Å²) in [4.78, 5) is 4.30. The van der Waals surface area contributed by atoms with E-state index in [1.54, 1.807) is 24.4 Å². The Morgan fingerprint density at radius 2 is 1.47 bits per heavy atom. The van der Waals surface area contributed by atoms with E-state index in [9.17, 15) is 17.6 Å². The average Bonchev–Trinajstić information content (AvgIpc) is 2.84. The number of aromatic nitrogens is 3. The SMILES string of the molecule is Fc1ccc(-c2nnc(Oc3ccc4cccnc4c3)cc2-c2ccc(C(F)(F)F)cc2)cc1. The van der Waals surface area contributed by atoms with Crippen molar-refractivity contribution in [2.24, 2.45) is 0 Å². The molecule has 0 N–H and O–H groups in total. The molecule has 0 aliphatic heterocycles. The fourth-order valence-corrected chi connectivity index (χ4v) is 3.53. The van der Waals surface area contributed by atoms with Crippen LogP contribution in [0.4, 0.5) is 17.6 Å². The van der Waals surface area contributed by atoms with Crippen LogP contribution in [-0.2, 0) is 6.18 Å². The second-order valence-corrected chi connectivity index (χ2v) is 7.49. The summed E-state index contributed by atoms with van der Waals surface area (Å²) in [5.41, 5.74) is 1.88. The minimum atomic E-state index is -4.45. The van der Waals surface area contributed by atoms with Crippen molar-refractivity contribution in [2.45, 2.75) is 6.18 Å². The van der Waals surface area contributed by atoms with E-state index in [1.807, 2.05) is 18.2 Å². The Balaban J connectivity index is 1.57. The largest absolute Gasteiger partial charge is 0.437 e. The molecule has 168 valence electrons. The Kier molecular flexibility index (Phi) is 5.41. The van der Waals surface area contributed by atoms with Crippen molar-refractivity contribution < 1.29 is 22.3 Å². The molecular formula is C26H15F4N3O. The monoisotopic (exact) mass is 461 g/mol. The predicted molar refractivity (Wildman–Crippen MR) is 120 cm³/mol. The van der Waals surface area contributed by atoms with Crippen LogP contribution in [-0.4, -0.2) is 15.2 Å². The summed E-state index contributed by atoms with van der Waals surface area (Å²) >= 11 is 0. The van der Waals surface area contributed by atoms with Crippen LogP contribution < -0.4 is 4.74 Å². The molecule has 0 aliphatic rings. The highest BCUT2D eigenvalue weighted by Crippen LogP contribution is 2.36. The van der Waals surface area contributed by atoms with Gasteiger partial charge in [-0.15, -0.1) is 10.2 Å². The van der Waals surface area contributed by atoms with Gasteiger partial charge in [0.15, 0.2) is 0 Å². The molecule has 0 saturated carbocycles. The van der Waals surface area contributed by atoms with Gasteiger partial charge < -0.3 is 4.74 Å². The van der Waals surface area contributed by atoms with E-state index >= 15 is 0 Å². The zero-order chi connectivity index (χ0) is 23.7. The van der Waals surface area contributed by atoms with Crippen molar-refractivity contribution in [1.82, 2.24) is 15.2 Å². The van der Waals surface area contributed by atoms with Crippen molar-refractivity contribution in [2.75, 3.05) is 0 Å². The van der Waals surface area contributed by atoms with Gasteiger partial charge in [-0.2, -0.15) is 13.2 Å². The van der Waals surface area contributed by atoms with Gasteiger partial charge in [-0.05, 0) is 60.2 Å². The first-order chi connectivity index (χ1) is 16.4. The number of hydrogen-bond acceptors (Lipinski definition) is 4. The van der Waals surface area contributed by atoms with E-state index in [2.05, 4.69) is 15.2 Å². The molecule has 3 aromatic carbocycles. The Hall–Kier alpha value is -4.33. The van der Waals surface area contributed by atoms with Gasteiger partial charge in [0.2, 0.25) is 5.88 Å². The van der Waals surface area contributed by atoms with E-state index in [1.165, 1.54) is 36.4 Å². The van der Waals surface area contributed by atoms with Crippen molar-refractivity contribution in [1.29, 1.82) is 0 Å². The molecular weight excluding hydrogens is 446 g/mol. The highest BCUT2D eigenvalue weighted by atomic mass is 19.4. The predicted octanol–water partition coefficient (Wildman–Crippen LogP) is 7.31. The number of fused-ring (bicyclic) bond motifs is 1. The summed E-state index contributed by atoms with van der Waals surface area (Å²) in [5.74, 6) is 0.210. The molecule has 5 rings (SSSR count). The van der Waals surface area contributed by atoms with E-state index in [0.29, 0.717) is 28.1 Å². The lowest BCUT2D eigenvalue weighted by Gasteiger charge is -2.13. The summed E-state index contributed by atoms with van der Waals surface area (Å²) in [6.07, 6.45) is -2.78. The van der Waals surface area contributed by atoms with Crippen LogP contribution in [0, 0.1) is 5.82 Å². The number of ether oxygens (including phenoxy) is 1. The van der Waals surface area contributed by atoms with Crippen molar-refractivity contribution in [3.8, 4) is 34.0 Å². The van der Waals surface area contributed by atoms with Gasteiger partial charge in [0, 0.05) is 34.8 Å². The maximum atomic E-state index is 13.4. The zero-order valence-electron chi connectivity index (χ0n) is 17.4. The number of nitrogens with zero attached hydrogens (tertiary/aromatic N) is 3. The van der Waals surface area contributed by atoms with Crippen LogP contribution in [0.15, 0.2) is 91.1 Å². The molecule has 8 heteroatoms. The summed E-state index contributed by atoms with van der Waals surface area (Å²) in [6.45, 7) is 0. The lowest BCUT2D eigenvalue weighted by atomic mass is 9.99. The molecule has 0 radical (unpaired) electrons. The minimum Gasteiger partial charge on any atom is -0.437 e. The third kappa shape index (κ3) is 4.43. The molecule has 0 saturated heterocycles. The van der Waals surface area contributed by atoms with Gasteiger partial charge in [-0.3, -0.25) is 4.98 Å². The van der Waals surface area contributed by atoms with Crippen LogP contribution in [0.1, 0.15) is 5.56 Å². The number of hydrogen-bond donors (Lipinski definition) is 0. The standard InChI is InChI=1S/C26H15F4N3O/c27-20-10-5-18(6-11-20)25-22(16-3-8-19(9-4-16)26(28,29)30)15-24(32-33-25)34-21-12-7-17-2-1-13-31-23(17)14-21/h1-15H. The highest BCUT2D eigenvalue weighted by molar-refractivity contribution is 5.82. The van der Waals surface area contributed by atoms with Crippen LogP contribution in [0.25, 0.3) is 33.3 Å². The second kappa shape index (κ2) is 8.55. The highest BCUT2D eigenvalue weighted by Gasteiger charge is 2.30. The molecule has 0 bridgehead atoms. The summed E-state index contributed by atoms with van der Waals surface area (Å²) in [5, 5.41) is 9.32. The van der Waals surface area contributed by atoms with Crippen molar-refractivity contribution in [3.63, 3.8) is 0 Å². The summed E-state index contributed by atoms with van der Waals surface area (Å²) in [7, 11) is 0. The Labute approximate surface area is 191 Å². The Morgan fingerprint density at radius 1 is 0.735 bits per heavy atom. The maximum Gasteiger partial charge on any atom is 0.416 e. The molecule has 0 aliphatic carbocycles. The van der Waals surface area contributed by atoms with E-state index in [0.717, 1.165) is 23.0 Å². The van der Waals surface area contributed by atoms with Gasteiger partial charge in [0.1, 0.15) is 17.3 Å². The van der Waals surface area contributed by atoms with E-state index < -0.39 is 17.6 Å². The smallest absolute Gasteiger partial charge is 0.416 e. The molecule has 5 aromatic rings. The molecule has 0 atom stereocenters. The number of halogens is 4. The molecule has 4 nitrogen and oxygen atoms in total.